The molecule has 1 atom stereocenters. The minimum Gasteiger partial charge on any atom is -0.497 e. The molecule has 2 aliphatic heterocycles. The number of rotatable bonds is 5. The average molecular weight is 376 g/mol. The molecule has 0 saturated carbocycles. The Morgan fingerprint density at radius 1 is 1.07 bits per heavy atom. The van der Waals surface area contributed by atoms with Gasteiger partial charge in [-0.15, -0.1) is 0 Å². The predicted molar refractivity (Wildman–Crippen MR) is 96.8 cm³/mol. The van der Waals surface area contributed by atoms with Gasteiger partial charge in [-0.1, -0.05) is 0 Å². The molecule has 27 heavy (non-hydrogen) atoms. The summed E-state index contributed by atoms with van der Waals surface area (Å²) in [4.78, 5) is 40.4. The van der Waals surface area contributed by atoms with Crippen LogP contribution >= 0.6 is 0 Å². The van der Waals surface area contributed by atoms with Crippen LogP contribution in [0, 0.1) is 5.92 Å². The van der Waals surface area contributed by atoms with Gasteiger partial charge in [0, 0.05) is 6.07 Å². The Bertz CT molecular complexity index is 742. The maximum Gasteiger partial charge on any atom is 0.308 e. The first-order valence-corrected chi connectivity index (χ1v) is 8.90. The first-order chi connectivity index (χ1) is 13.0. The lowest BCUT2D eigenvalue weighted by atomic mass is 9.95. The van der Waals surface area contributed by atoms with Crippen LogP contribution in [-0.2, 0) is 19.1 Å². The van der Waals surface area contributed by atoms with E-state index in [0.717, 1.165) is 0 Å². The van der Waals surface area contributed by atoms with Crippen molar-refractivity contribution in [3.63, 3.8) is 0 Å². The molecular formula is C19H24N2O6. The number of ether oxygens (including phenoxy) is 3. The molecule has 146 valence electrons. The van der Waals surface area contributed by atoms with Crippen LogP contribution in [0.25, 0.3) is 0 Å². The highest BCUT2D eigenvalue weighted by atomic mass is 16.5. The number of nitrogens with zero attached hydrogens (tertiary/aromatic N) is 2. The molecule has 0 radical (unpaired) electrons. The van der Waals surface area contributed by atoms with E-state index in [1.54, 1.807) is 18.2 Å². The Morgan fingerprint density at radius 3 is 2.37 bits per heavy atom. The minimum absolute atomic E-state index is 0.122. The summed E-state index contributed by atoms with van der Waals surface area (Å²) >= 11 is 0. The van der Waals surface area contributed by atoms with Crippen molar-refractivity contribution < 1.29 is 28.6 Å². The van der Waals surface area contributed by atoms with Crippen molar-refractivity contribution >= 4 is 23.5 Å². The third-order valence-electron chi connectivity index (χ3n) is 5.26. The van der Waals surface area contributed by atoms with Crippen LogP contribution < -0.4 is 14.4 Å². The summed E-state index contributed by atoms with van der Waals surface area (Å²) in [5.41, 5.74) is 0.417. The van der Waals surface area contributed by atoms with Crippen molar-refractivity contribution in [2.45, 2.75) is 25.3 Å². The lowest BCUT2D eigenvalue weighted by molar-refractivity contribution is -0.147. The maximum atomic E-state index is 13.0. The number of piperidine rings is 1. The SMILES string of the molecule is COC(=O)C1CCN([C@@H]2CC(=O)N(c3ccc(OC)cc3OC)C2=O)CC1. The van der Waals surface area contributed by atoms with E-state index in [4.69, 9.17) is 14.2 Å². The molecule has 8 nitrogen and oxygen atoms in total. The van der Waals surface area contributed by atoms with Gasteiger partial charge in [-0.3, -0.25) is 19.3 Å². The number of anilines is 1. The van der Waals surface area contributed by atoms with Crippen LogP contribution in [0.15, 0.2) is 18.2 Å². The molecule has 2 fully saturated rings. The average Bonchev–Trinajstić information content (AvgIpc) is 3.00. The van der Waals surface area contributed by atoms with Crippen molar-refractivity contribution in [2.24, 2.45) is 5.92 Å². The molecular weight excluding hydrogens is 352 g/mol. The van der Waals surface area contributed by atoms with Crippen molar-refractivity contribution in [3.05, 3.63) is 18.2 Å². The number of benzene rings is 1. The molecule has 2 heterocycles. The highest BCUT2D eigenvalue weighted by Gasteiger charge is 2.44. The smallest absolute Gasteiger partial charge is 0.308 e. The molecule has 0 unspecified atom stereocenters. The number of methoxy groups -OCH3 is 3. The van der Waals surface area contributed by atoms with E-state index in [1.807, 2.05) is 4.90 Å². The van der Waals surface area contributed by atoms with E-state index in [0.29, 0.717) is 43.1 Å². The normalized spacial score (nSPS) is 21.4. The molecule has 3 rings (SSSR count). The van der Waals surface area contributed by atoms with Gasteiger partial charge in [0.15, 0.2) is 0 Å². The molecule has 0 bridgehead atoms. The van der Waals surface area contributed by atoms with Crippen LogP contribution in [0.5, 0.6) is 11.5 Å². The standard InChI is InChI=1S/C19H24N2O6/c1-25-13-4-5-14(16(10-13)26-2)21-17(22)11-15(18(21)23)20-8-6-12(7-9-20)19(24)27-3/h4-5,10,12,15H,6-9,11H2,1-3H3/t15-/m1/s1. The Hall–Kier alpha value is -2.61. The molecule has 0 aliphatic carbocycles. The van der Waals surface area contributed by atoms with Gasteiger partial charge in [0.1, 0.15) is 11.5 Å². The van der Waals surface area contributed by atoms with Crippen LogP contribution in [0.3, 0.4) is 0 Å². The Kier molecular flexibility index (Phi) is 5.65. The topological polar surface area (TPSA) is 85.4 Å². The fraction of sp³-hybridized carbons (Fsp3) is 0.526. The first-order valence-electron chi connectivity index (χ1n) is 8.90. The zero-order valence-corrected chi connectivity index (χ0v) is 15.8. The maximum absolute atomic E-state index is 13.0. The summed E-state index contributed by atoms with van der Waals surface area (Å²) in [6.07, 6.45) is 1.36. The first kappa shape index (κ1) is 19.2. The number of hydrogen-bond acceptors (Lipinski definition) is 7. The molecule has 2 amide bonds. The number of likely N-dealkylation sites (tertiary alicyclic amines) is 1. The molecule has 0 N–H and O–H groups in total. The number of carbonyl (C=O) groups excluding carboxylic acids is 3. The number of esters is 1. The van der Waals surface area contributed by atoms with Gasteiger partial charge in [-0.25, -0.2) is 4.90 Å². The molecule has 0 spiro atoms. The third kappa shape index (κ3) is 3.62. The van der Waals surface area contributed by atoms with E-state index in [-0.39, 0.29) is 30.1 Å². The molecule has 0 aromatic heterocycles. The summed E-state index contributed by atoms with van der Waals surface area (Å²) < 4.78 is 15.3. The Labute approximate surface area is 158 Å². The Morgan fingerprint density at radius 2 is 1.78 bits per heavy atom. The zero-order chi connectivity index (χ0) is 19.6. The van der Waals surface area contributed by atoms with E-state index in [1.165, 1.54) is 26.2 Å². The summed E-state index contributed by atoms with van der Waals surface area (Å²) in [5, 5.41) is 0. The quantitative estimate of drug-likeness (QED) is 0.564. The van der Waals surface area contributed by atoms with E-state index in [2.05, 4.69) is 0 Å². The van der Waals surface area contributed by atoms with E-state index >= 15 is 0 Å². The molecule has 1 aromatic rings. The van der Waals surface area contributed by atoms with Crippen molar-refractivity contribution in [3.8, 4) is 11.5 Å². The second-order valence-electron chi connectivity index (χ2n) is 6.66. The highest BCUT2D eigenvalue weighted by molar-refractivity contribution is 6.23. The molecule has 1 aromatic carbocycles. The molecule has 2 aliphatic rings. The third-order valence-corrected chi connectivity index (χ3v) is 5.26. The summed E-state index contributed by atoms with van der Waals surface area (Å²) in [5.74, 6) is 0.102. The van der Waals surface area contributed by atoms with Gasteiger partial charge in [0.2, 0.25) is 5.91 Å². The molecule has 2 saturated heterocycles. The van der Waals surface area contributed by atoms with Gasteiger partial charge in [0.25, 0.3) is 5.91 Å². The fourth-order valence-corrected chi connectivity index (χ4v) is 3.74. The van der Waals surface area contributed by atoms with Crippen LogP contribution in [-0.4, -0.2) is 63.1 Å². The zero-order valence-electron chi connectivity index (χ0n) is 15.8. The number of amides is 2. The summed E-state index contributed by atoms with van der Waals surface area (Å²) in [6.45, 7) is 1.16. The van der Waals surface area contributed by atoms with Crippen LogP contribution in [0.4, 0.5) is 5.69 Å². The summed E-state index contributed by atoms with van der Waals surface area (Å²) in [7, 11) is 4.40. The number of hydrogen-bond donors (Lipinski definition) is 0. The largest absolute Gasteiger partial charge is 0.497 e. The van der Waals surface area contributed by atoms with Gasteiger partial charge >= 0.3 is 5.97 Å². The van der Waals surface area contributed by atoms with Gasteiger partial charge in [0.05, 0.1) is 45.4 Å². The van der Waals surface area contributed by atoms with Crippen molar-refractivity contribution in [1.82, 2.24) is 4.90 Å². The van der Waals surface area contributed by atoms with Gasteiger partial charge < -0.3 is 14.2 Å². The Balaban J connectivity index is 1.76. The van der Waals surface area contributed by atoms with E-state index in [9.17, 15) is 14.4 Å². The summed E-state index contributed by atoms with van der Waals surface area (Å²) in [6, 6.07) is 4.47. The van der Waals surface area contributed by atoms with Crippen LogP contribution in [0.2, 0.25) is 0 Å². The van der Waals surface area contributed by atoms with Crippen molar-refractivity contribution in [1.29, 1.82) is 0 Å². The minimum atomic E-state index is -0.511. The molecule has 8 heteroatoms. The fourth-order valence-electron chi connectivity index (χ4n) is 3.74. The second-order valence-corrected chi connectivity index (χ2v) is 6.66. The van der Waals surface area contributed by atoms with Gasteiger partial charge in [-0.05, 0) is 38.1 Å². The number of imide groups is 1. The lowest BCUT2D eigenvalue weighted by Gasteiger charge is -2.33. The van der Waals surface area contributed by atoms with Crippen LogP contribution in [0.1, 0.15) is 19.3 Å². The lowest BCUT2D eigenvalue weighted by Crippen LogP contribution is -2.47. The number of carbonyl (C=O) groups is 3. The highest BCUT2D eigenvalue weighted by Crippen LogP contribution is 2.36. The second kappa shape index (κ2) is 7.96. The predicted octanol–water partition coefficient (Wildman–Crippen LogP) is 1.22. The monoisotopic (exact) mass is 376 g/mol. The van der Waals surface area contributed by atoms with Crippen molar-refractivity contribution in [2.75, 3.05) is 39.3 Å². The van der Waals surface area contributed by atoms with E-state index < -0.39 is 6.04 Å². The van der Waals surface area contributed by atoms with Gasteiger partial charge in [-0.2, -0.15) is 0 Å².